The average molecular weight is 326 g/mol. The zero-order valence-electron chi connectivity index (χ0n) is 12.0. The molecule has 1 saturated heterocycles. The third-order valence-corrected chi connectivity index (χ3v) is 4.84. The van der Waals surface area contributed by atoms with Crippen LogP contribution >= 0.6 is 15.9 Å². The van der Waals surface area contributed by atoms with Gasteiger partial charge in [-0.3, -0.25) is 9.80 Å². The van der Waals surface area contributed by atoms with Crippen LogP contribution in [0.3, 0.4) is 0 Å². The summed E-state index contributed by atoms with van der Waals surface area (Å²) in [6.45, 7) is 7.41. The Balaban J connectivity index is 2.16. The molecule has 3 atom stereocenters. The summed E-state index contributed by atoms with van der Waals surface area (Å²) in [6, 6.07) is 10.0. The number of nitrogens with zero attached hydrogens (tertiary/aromatic N) is 2. The lowest BCUT2D eigenvalue weighted by Crippen LogP contribution is -2.56. The molecule has 2 rings (SSSR count). The van der Waals surface area contributed by atoms with Gasteiger partial charge in [-0.05, 0) is 38.6 Å². The summed E-state index contributed by atoms with van der Waals surface area (Å²) in [7, 11) is 2.21. The summed E-state index contributed by atoms with van der Waals surface area (Å²) in [5.41, 5.74) is 7.35. The molecule has 0 saturated carbocycles. The second-order valence-electron chi connectivity index (χ2n) is 5.62. The third-order valence-electron chi connectivity index (χ3n) is 4.31. The molecule has 0 aromatic heterocycles. The topological polar surface area (TPSA) is 32.5 Å². The van der Waals surface area contributed by atoms with E-state index in [4.69, 9.17) is 5.73 Å². The van der Waals surface area contributed by atoms with Crippen molar-refractivity contribution in [3.63, 3.8) is 0 Å². The van der Waals surface area contributed by atoms with Crippen molar-refractivity contribution in [2.24, 2.45) is 5.73 Å². The molecule has 106 valence electrons. The molecule has 1 aliphatic rings. The quantitative estimate of drug-likeness (QED) is 0.926. The van der Waals surface area contributed by atoms with E-state index in [0.29, 0.717) is 24.7 Å². The molecule has 0 amide bonds. The number of halogens is 1. The van der Waals surface area contributed by atoms with E-state index in [2.05, 4.69) is 70.9 Å². The molecule has 1 aliphatic heterocycles. The Morgan fingerprint density at radius 3 is 2.21 bits per heavy atom. The molecule has 1 fully saturated rings. The van der Waals surface area contributed by atoms with Crippen LogP contribution in [-0.2, 0) is 0 Å². The van der Waals surface area contributed by atoms with Crippen LogP contribution in [0.5, 0.6) is 0 Å². The lowest BCUT2D eigenvalue weighted by Gasteiger charge is -2.45. The molecule has 19 heavy (non-hydrogen) atoms. The molecule has 0 bridgehead atoms. The lowest BCUT2D eigenvalue weighted by atomic mass is 10.0. The summed E-state index contributed by atoms with van der Waals surface area (Å²) >= 11 is 3.49. The van der Waals surface area contributed by atoms with Gasteiger partial charge in [0, 0.05) is 42.2 Å². The minimum absolute atomic E-state index is 0.326. The van der Waals surface area contributed by atoms with E-state index in [9.17, 15) is 0 Å². The van der Waals surface area contributed by atoms with Gasteiger partial charge >= 0.3 is 0 Å². The van der Waals surface area contributed by atoms with Crippen molar-refractivity contribution in [2.45, 2.75) is 32.0 Å². The summed E-state index contributed by atoms with van der Waals surface area (Å²) in [6.07, 6.45) is 0. The first-order valence-corrected chi connectivity index (χ1v) is 7.73. The average Bonchev–Trinajstić information content (AvgIpc) is 2.39. The minimum Gasteiger partial charge on any atom is -0.329 e. The summed E-state index contributed by atoms with van der Waals surface area (Å²) in [5.74, 6) is 0. The van der Waals surface area contributed by atoms with E-state index >= 15 is 0 Å². The number of hydrogen-bond donors (Lipinski definition) is 1. The van der Waals surface area contributed by atoms with Gasteiger partial charge in [0.1, 0.15) is 0 Å². The highest BCUT2D eigenvalue weighted by atomic mass is 79.9. The molecule has 0 spiro atoms. The highest BCUT2D eigenvalue weighted by Gasteiger charge is 2.30. The second kappa shape index (κ2) is 6.35. The van der Waals surface area contributed by atoms with E-state index in [-0.39, 0.29) is 0 Å². The van der Waals surface area contributed by atoms with E-state index in [1.165, 1.54) is 5.56 Å². The van der Waals surface area contributed by atoms with Crippen LogP contribution in [0.25, 0.3) is 0 Å². The maximum atomic E-state index is 6.03. The van der Waals surface area contributed by atoms with Crippen molar-refractivity contribution < 1.29 is 0 Å². The van der Waals surface area contributed by atoms with Crippen LogP contribution in [0, 0.1) is 0 Å². The molecule has 2 N–H and O–H groups in total. The van der Waals surface area contributed by atoms with Gasteiger partial charge in [-0.1, -0.05) is 28.1 Å². The van der Waals surface area contributed by atoms with E-state index < -0.39 is 0 Å². The summed E-state index contributed by atoms with van der Waals surface area (Å²) < 4.78 is 1.12. The maximum Gasteiger partial charge on any atom is 0.0471 e. The van der Waals surface area contributed by atoms with Crippen molar-refractivity contribution in [2.75, 3.05) is 26.7 Å². The van der Waals surface area contributed by atoms with Gasteiger partial charge in [-0.25, -0.2) is 0 Å². The van der Waals surface area contributed by atoms with Crippen LogP contribution in [0.1, 0.15) is 25.5 Å². The van der Waals surface area contributed by atoms with Gasteiger partial charge in [0.05, 0.1) is 0 Å². The monoisotopic (exact) mass is 325 g/mol. The number of rotatable bonds is 3. The highest BCUT2D eigenvalue weighted by molar-refractivity contribution is 9.10. The largest absolute Gasteiger partial charge is 0.329 e. The van der Waals surface area contributed by atoms with Crippen molar-refractivity contribution in [3.8, 4) is 0 Å². The Hall–Kier alpha value is -0.420. The fraction of sp³-hybridized carbons (Fsp3) is 0.600. The van der Waals surface area contributed by atoms with Gasteiger partial charge in [-0.2, -0.15) is 0 Å². The third kappa shape index (κ3) is 3.37. The molecular formula is C15H24BrN3. The van der Waals surface area contributed by atoms with Crippen LogP contribution in [0.4, 0.5) is 0 Å². The summed E-state index contributed by atoms with van der Waals surface area (Å²) in [5, 5.41) is 0. The predicted octanol–water partition coefficient (Wildman–Crippen LogP) is 2.47. The molecule has 3 unspecified atom stereocenters. The molecular weight excluding hydrogens is 302 g/mol. The zero-order valence-corrected chi connectivity index (χ0v) is 13.6. The van der Waals surface area contributed by atoms with Gasteiger partial charge in [0.15, 0.2) is 0 Å². The zero-order chi connectivity index (χ0) is 14.0. The van der Waals surface area contributed by atoms with E-state index in [1.807, 2.05) is 0 Å². The van der Waals surface area contributed by atoms with Crippen LogP contribution in [0.2, 0.25) is 0 Å². The van der Waals surface area contributed by atoms with Crippen molar-refractivity contribution in [3.05, 3.63) is 34.3 Å². The normalized spacial score (nSPS) is 27.4. The lowest BCUT2D eigenvalue weighted by molar-refractivity contribution is 0.0352. The van der Waals surface area contributed by atoms with Crippen LogP contribution in [0.15, 0.2) is 28.7 Å². The molecule has 3 nitrogen and oxygen atoms in total. The first-order valence-electron chi connectivity index (χ1n) is 6.94. The Labute approximate surface area is 124 Å². The molecule has 1 aromatic rings. The standard InChI is InChI=1S/C15H24BrN3/c1-11-9-19(10-12(2)18(11)3)15(8-17)13-4-6-14(16)7-5-13/h4-7,11-12,15H,8-10,17H2,1-3H3. The Morgan fingerprint density at radius 1 is 1.21 bits per heavy atom. The fourth-order valence-electron chi connectivity index (χ4n) is 2.88. The number of nitrogens with two attached hydrogens (primary N) is 1. The Kier molecular flexibility index (Phi) is 5.01. The fourth-order valence-corrected chi connectivity index (χ4v) is 3.15. The SMILES string of the molecule is CC1CN(C(CN)c2ccc(Br)cc2)CC(C)N1C. The minimum atomic E-state index is 0.326. The Morgan fingerprint density at radius 2 is 1.74 bits per heavy atom. The first kappa shape index (κ1) is 15.0. The van der Waals surface area contributed by atoms with Gasteiger partial charge in [0.2, 0.25) is 0 Å². The second-order valence-corrected chi connectivity index (χ2v) is 6.54. The molecule has 1 aromatic carbocycles. The summed E-state index contributed by atoms with van der Waals surface area (Å²) in [4.78, 5) is 4.98. The molecule has 4 heteroatoms. The highest BCUT2D eigenvalue weighted by Crippen LogP contribution is 2.26. The van der Waals surface area contributed by atoms with Crippen LogP contribution in [-0.4, -0.2) is 48.6 Å². The van der Waals surface area contributed by atoms with Gasteiger partial charge in [0.25, 0.3) is 0 Å². The van der Waals surface area contributed by atoms with Gasteiger partial charge < -0.3 is 5.73 Å². The molecule has 0 aliphatic carbocycles. The first-order chi connectivity index (χ1) is 9.02. The van der Waals surface area contributed by atoms with Crippen molar-refractivity contribution in [1.29, 1.82) is 0 Å². The predicted molar refractivity (Wildman–Crippen MR) is 84.2 cm³/mol. The van der Waals surface area contributed by atoms with Crippen LogP contribution < -0.4 is 5.73 Å². The Bertz CT molecular complexity index is 394. The smallest absolute Gasteiger partial charge is 0.0471 e. The maximum absolute atomic E-state index is 6.03. The molecule has 0 radical (unpaired) electrons. The number of likely N-dealkylation sites (N-methyl/N-ethyl adjacent to an activating group) is 1. The number of benzene rings is 1. The van der Waals surface area contributed by atoms with Crippen molar-refractivity contribution in [1.82, 2.24) is 9.80 Å². The molecule has 1 heterocycles. The van der Waals surface area contributed by atoms with E-state index in [0.717, 1.165) is 17.6 Å². The van der Waals surface area contributed by atoms with E-state index in [1.54, 1.807) is 0 Å². The van der Waals surface area contributed by atoms with Gasteiger partial charge in [-0.15, -0.1) is 0 Å². The number of piperazine rings is 1. The van der Waals surface area contributed by atoms with Crippen molar-refractivity contribution >= 4 is 15.9 Å². The number of hydrogen-bond acceptors (Lipinski definition) is 3.